The Kier molecular flexibility index (Phi) is 6.54. The number of nitro benzene ring substituents is 1. The monoisotopic (exact) mass is 443 g/mol. The molecule has 3 rings (SSSR count). The van der Waals surface area contributed by atoms with Gasteiger partial charge in [0.2, 0.25) is 0 Å². The molecule has 0 aromatic heterocycles. The fourth-order valence-corrected chi connectivity index (χ4v) is 3.54. The Morgan fingerprint density at radius 2 is 1.97 bits per heavy atom. The van der Waals surface area contributed by atoms with E-state index in [9.17, 15) is 29.2 Å². The van der Waals surface area contributed by atoms with Gasteiger partial charge in [-0.15, -0.1) is 0 Å². The third kappa shape index (κ3) is 4.30. The van der Waals surface area contributed by atoms with Gasteiger partial charge in [0.15, 0.2) is 11.6 Å². The highest BCUT2D eigenvalue weighted by molar-refractivity contribution is 6.46. The summed E-state index contributed by atoms with van der Waals surface area (Å²) in [6.07, 6.45) is 0. The number of nitrogens with zero attached hydrogens (tertiary/aromatic N) is 3. The molecule has 32 heavy (non-hydrogen) atoms. The molecular weight excluding hydrogens is 421 g/mol. The molecule has 0 radical (unpaired) electrons. The van der Waals surface area contributed by atoms with Crippen molar-refractivity contribution in [1.82, 2.24) is 9.80 Å². The highest BCUT2D eigenvalue weighted by Crippen LogP contribution is 2.40. The number of carbonyl (C=O) groups excluding carboxylic acids is 2. The van der Waals surface area contributed by atoms with Crippen molar-refractivity contribution in [3.8, 4) is 5.75 Å². The van der Waals surface area contributed by atoms with E-state index in [1.54, 1.807) is 14.1 Å². The molecule has 0 bridgehead atoms. The van der Waals surface area contributed by atoms with Crippen LogP contribution in [0.5, 0.6) is 5.75 Å². The number of nitro groups is 1. The summed E-state index contributed by atoms with van der Waals surface area (Å²) in [6.45, 7) is 0.550. The van der Waals surface area contributed by atoms with Gasteiger partial charge in [-0.05, 0) is 37.9 Å². The maximum atomic E-state index is 14.2. The van der Waals surface area contributed by atoms with Gasteiger partial charge in [-0.1, -0.05) is 12.1 Å². The predicted octanol–water partition coefficient (Wildman–Crippen LogP) is 2.73. The zero-order valence-corrected chi connectivity index (χ0v) is 17.7. The van der Waals surface area contributed by atoms with Gasteiger partial charge in [-0.25, -0.2) is 4.39 Å². The van der Waals surface area contributed by atoms with E-state index in [1.807, 2.05) is 4.90 Å². The SMILES string of the molecule is COc1ccc(C(O)=C2C(=O)C(=O)N(CCN(C)C)C2c2cccc([N+](=O)[O-])c2)cc1F. The molecule has 2 aromatic carbocycles. The van der Waals surface area contributed by atoms with Gasteiger partial charge in [-0.2, -0.15) is 0 Å². The molecule has 168 valence electrons. The number of ether oxygens (including phenoxy) is 1. The van der Waals surface area contributed by atoms with Crippen LogP contribution in [0.4, 0.5) is 10.1 Å². The molecule has 1 aliphatic heterocycles. The lowest BCUT2D eigenvalue weighted by Crippen LogP contribution is -2.35. The van der Waals surface area contributed by atoms with E-state index in [0.29, 0.717) is 6.54 Å². The molecule has 1 amide bonds. The number of aliphatic hydroxyl groups excluding tert-OH is 1. The quantitative estimate of drug-likeness (QED) is 0.230. The van der Waals surface area contributed by atoms with Crippen molar-refractivity contribution in [2.75, 3.05) is 34.3 Å². The molecule has 9 nitrogen and oxygen atoms in total. The highest BCUT2D eigenvalue weighted by atomic mass is 19.1. The summed E-state index contributed by atoms with van der Waals surface area (Å²) in [5.74, 6) is -3.19. The molecule has 0 spiro atoms. The first kappa shape index (κ1) is 22.9. The molecule has 1 heterocycles. The number of aliphatic hydroxyl groups is 1. The van der Waals surface area contributed by atoms with E-state index in [4.69, 9.17) is 4.74 Å². The molecular formula is C22H22FN3O6. The number of methoxy groups -OCH3 is 1. The average molecular weight is 443 g/mol. The molecule has 1 saturated heterocycles. The Morgan fingerprint density at radius 1 is 1.25 bits per heavy atom. The van der Waals surface area contributed by atoms with Crippen molar-refractivity contribution in [3.05, 3.63) is 75.1 Å². The van der Waals surface area contributed by atoms with Gasteiger partial charge in [-0.3, -0.25) is 19.7 Å². The zero-order chi connectivity index (χ0) is 23.6. The highest BCUT2D eigenvalue weighted by Gasteiger charge is 2.46. The first-order chi connectivity index (χ1) is 15.1. The number of likely N-dealkylation sites (N-methyl/N-ethyl adjacent to an activating group) is 1. The molecule has 0 aliphatic carbocycles. The second-order valence-corrected chi connectivity index (χ2v) is 7.50. The Bertz CT molecular complexity index is 1110. The van der Waals surface area contributed by atoms with E-state index in [-0.39, 0.29) is 34.7 Å². The van der Waals surface area contributed by atoms with Gasteiger partial charge in [0.25, 0.3) is 17.4 Å². The number of amides is 1. The molecule has 10 heteroatoms. The van der Waals surface area contributed by atoms with Gasteiger partial charge in [0.05, 0.1) is 23.6 Å². The number of halogens is 1. The van der Waals surface area contributed by atoms with Gasteiger partial charge in [0.1, 0.15) is 5.76 Å². The van der Waals surface area contributed by atoms with E-state index in [0.717, 1.165) is 6.07 Å². The number of non-ortho nitro benzene ring substituents is 1. The molecule has 1 atom stereocenters. The van der Waals surface area contributed by atoms with Crippen LogP contribution in [-0.2, 0) is 9.59 Å². The number of hydrogen-bond acceptors (Lipinski definition) is 7. The Morgan fingerprint density at radius 3 is 2.56 bits per heavy atom. The van der Waals surface area contributed by atoms with Crippen molar-refractivity contribution in [3.63, 3.8) is 0 Å². The van der Waals surface area contributed by atoms with Crippen molar-refractivity contribution in [2.45, 2.75) is 6.04 Å². The summed E-state index contributed by atoms with van der Waals surface area (Å²) in [7, 11) is 4.87. The minimum atomic E-state index is -1.07. The lowest BCUT2D eigenvalue weighted by molar-refractivity contribution is -0.384. The van der Waals surface area contributed by atoms with Crippen LogP contribution in [0.3, 0.4) is 0 Å². The molecule has 1 unspecified atom stereocenters. The van der Waals surface area contributed by atoms with Gasteiger partial charge in [0, 0.05) is 30.8 Å². The number of ketones is 1. The largest absolute Gasteiger partial charge is 0.507 e. The summed E-state index contributed by atoms with van der Waals surface area (Å²) >= 11 is 0. The number of rotatable bonds is 7. The van der Waals surface area contributed by atoms with Gasteiger partial charge >= 0.3 is 0 Å². The second kappa shape index (κ2) is 9.15. The van der Waals surface area contributed by atoms with Crippen LogP contribution in [0.15, 0.2) is 48.0 Å². The summed E-state index contributed by atoms with van der Waals surface area (Å²) in [5.41, 5.74) is -0.230. The number of likely N-dealkylation sites (tertiary alicyclic amines) is 1. The van der Waals surface area contributed by atoms with E-state index in [2.05, 4.69) is 0 Å². The molecule has 1 aliphatic rings. The normalized spacial score (nSPS) is 17.8. The number of carbonyl (C=O) groups is 2. The minimum Gasteiger partial charge on any atom is -0.507 e. The lowest BCUT2D eigenvalue weighted by atomic mass is 9.95. The van der Waals surface area contributed by atoms with Gasteiger partial charge < -0.3 is 19.6 Å². The zero-order valence-electron chi connectivity index (χ0n) is 17.7. The summed E-state index contributed by atoms with van der Waals surface area (Å²) in [4.78, 5) is 39.5. The van der Waals surface area contributed by atoms with Crippen molar-refractivity contribution in [1.29, 1.82) is 0 Å². The minimum absolute atomic E-state index is 0.0238. The molecule has 2 aromatic rings. The van der Waals surface area contributed by atoms with Crippen molar-refractivity contribution in [2.24, 2.45) is 0 Å². The Labute approximate surface area is 183 Å². The van der Waals surface area contributed by atoms with Crippen LogP contribution in [0, 0.1) is 15.9 Å². The fourth-order valence-electron chi connectivity index (χ4n) is 3.54. The summed E-state index contributed by atoms with van der Waals surface area (Å²) < 4.78 is 19.1. The van der Waals surface area contributed by atoms with E-state index < -0.39 is 34.2 Å². The maximum absolute atomic E-state index is 14.2. The molecule has 1 N–H and O–H groups in total. The first-order valence-electron chi connectivity index (χ1n) is 9.67. The van der Waals surface area contributed by atoms with Crippen LogP contribution in [0.2, 0.25) is 0 Å². The first-order valence-corrected chi connectivity index (χ1v) is 9.67. The summed E-state index contributed by atoms with van der Waals surface area (Å²) in [5, 5.41) is 22.2. The van der Waals surface area contributed by atoms with E-state index >= 15 is 0 Å². The topological polar surface area (TPSA) is 113 Å². The van der Waals surface area contributed by atoms with Crippen LogP contribution in [0.1, 0.15) is 17.2 Å². The average Bonchev–Trinajstić information content (AvgIpc) is 3.01. The van der Waals surface area contributed by atoms with Crippen LogP contribution in [-0.4, -0.2) is 65.8 Å². The van der Waals surface area contributed by atoms with Crippen molar-refractivity contribution < 1.29 is 28.7 Å². The van der Waals surface area contributed by atoms with Crippen LogP contribution in [0.25, 0.3) is 5.76 Å². The van der Waals surface area contributed by atoms with Crippen LogP contribution >= 0.6 is 0 Å². The third-order valence-corrected chi connectivity index (χ3v) is 5.15. The predicted molar refractivity (Wildman–Crippen MR) is 114 cm³/mol. The number of hydrogen-bond donors (Lipinski definition) is 1. The lowest BCUT2D eigenvalue weighted by Gasteiger charge is -2.26. The van der Waals surface area contributed by atoms with Crippen LogP contribution < -0.4 is 4.74 Å². The standard InChI is InChI=1S/C22H22FN3O6/c1-24(2)9-10-25-19(13-5-4-6-15(11-13)26(30)31)18(21(28)22(25)29)20(27)14-7-8-17(32-3)16(23)12-14/h4-8,11-12,19,27H,9-10H2,1-3H3. The smallest absolute Gasteiger partial charge is 0.295 e. The Hall–Kier alpha value is -3.79. The molecule has 0 saturated carbocycles. The molecule has 1 fully saturated rings. The number of Topliss-reactive ketones (excluding diaryl/α,β-unsaturated/α-hetero) is 1. The van der Waals surface area contributed by atoms with Crippen molar-refractivity contribution >= 4 is 23.1 Å². The fraction of sp³-hybridized carbons (Fsp3) is 0.273. The third-order valence-electron chi connectivity index (χ3n) is 5.15. The maximum Gasteiger partial charge on any atom is 0.295 e. The Balaban J connectivity index is 2.19. The second-order valence-electron chi connectivity index (χ2n) is 7.50. The summed E-state index contributed by atoms with van der Waals surface area (Å²) in [6, 6.07) is 8.08. The number of benzene rings is 2. The van der Waals surface area contributed by atoms with E-state index in [1.165, 1.54) is 48.4 Å².